The van der Waals surface area contributed by atoms with Gasteiger partial charge in [0.05, 0.1) is 18.4 Å². The lowest BCUT2D eigenvalue weighted by Crippen LogP contribution is -2.50. The highest BCUT2D eigenvalue weighted by atomic mass is 35.5. The first-order valence-electron chi connectivity index (χ1n) is 6.81. The van der Waals surface area contributed by atoms with Gasteiger partial charge in [0, 0.05) is 18.6 Å². The first-order valence-corrected chi connectivity index (χ1v) is 7.19. The molecule has 0 radical (unpaired) electrons. The van der Waals surface area contributed by atoms with E-state index < -0.39 is 0 Å². The first kappa shape index (κ1) is 15.1. The molecule has 110 valence electrons. The van der Waals surface area contributed by atoms with Crippen molar-refractivity contribution in [1.82, 2.24) is 15.1 Å². The minimum Gasteiger partial charge on any atom is -0.369 e. The Hall–Kier alpha value is -1.33. The molecule has 0 saturated carbocycles. The lowest BCUT2D eigenvalue weighted by Gasteiger charge is -2.40. The van der Waals surface area contributed by atoms with Gasteiger partial charge in [0.2, 0.25) is 0 Å². The molecule has 0 bridgehead atoms. The van der Waals surface area contributed by atoms with E-state index in [9.17, 15) is 4.79 Å². The van der Waals surface area contributed by atoms with E-state index >= 15 is 0 Å². The van der Waals surface area contributed by atoms with Gasteiger partial charge in [-0.15, -0.1) is 6.58 Å². The Kier molecular flexibility index (Phi) is 4.50. The van der Waals surface area contributed by atoms with Gasteiger partial charge in [-0.1, -0.05) is 17.7 Å². The van der Waals surface area contributed by atoms with Crippen LogP contribution in [0.25, 0.3) is 0 Å². The van der Waals surface area contributed by atoms with Crippen LogP contribution in [0.4, 0.5) is 5.69 Å². The lowest BCUT2D eigenvalue weighted by atomic mass is 9.90. The summed E-state index contributed by atoms with van der Waals surface area (Å²) in [5.74, 6) is 0. The number of anilines is 1. The van der Waals surface area contributed by atoms with E-state index in [2.05, 4.69) is 28.8 Å². The largest absolute Gasteiger partial charge is 0.369 e. The van der Waals surface area contributed by atoms with Crippen molar-refractivity contribution in [2.45, 2.75) is 31.8 Å². The number of rotatable bonds is 4. The Bertz CT molecular complexity index is 547. The molecule has 0 atom stereocenters. The molecule has 1 aromatic heterocycles. The number of allylic oxidation sites excluding steroid dienone is 1. The molecule has 1 aromatic rings. The summed E-state index contributed by atoms with van der Waals surface area (Å²) in [5.41, 5.74) is 0.634. The zero-order valence-corrected chi connectivity index (χ0v) is 12.8. The summed E-state index contributed by atoms with van der Waals surface area (Å²) in [4.78, 5) is 14.2. The van der Waals surface area contributed by atoms with Crippen LogP contribution < -0.4 is 15.8 Å². The van der Waals surface area contributed by atoms with Crippen LogP contribution in [0.1, 0.15) is 19.8 Å². The van der Waals surface area contributed by atoms with Crippen molar-refractivity contribution >= 4 is 17.3 Å². The maximum Gasteiger partial charge on any atom is 0.287 e. The molecule has 0 spiro atoms. The van der Waals surface area contributed by atoms with Gasteiger partial charge >= 0.3 is 0 Å². The van der Waals surface area contributed by atoms with Crippen LogP contribution >= 0.6 is 11.6 Å². The highest BCUT2D eigenvalue weighted by Crippen LogP contribution is 2.28. The molecule has 2 heterocycles. The Morgan fingerprint density at radius 2 is 2.20 bits per heavy atom. The highest BCUT2D eigenvalue weighted by molar-refractivity contribution is 6.33. The fraction of sp³-hybridized carbons (Fsp3) is 0.571. The fourth-order valence-corrected chi connectivity index (χ4v) is 2.69. The third-order valence-corrected chi connectivity index (χ3v) is 4.44. The Morgan fingerprint density at radius 3 is 2.75 bits per heavy atom. The van der Waals surface area contributed by atoms with E-state index in [-0.39, 0.29) is 16.1 Å². The molecule has 1 fully saturated rings. The summed E-state index contributed by atoms with van der Waals surface area (Å²) in [7, 11) is 1.99. The summed E-state index contributed by atoms with van der Waals surface area (Å²) in [5, 5.41) is 7.75. The van der Waals surface area contributed by atoms with Crippen molar-refractivity contribution in [1.29, 1.82) is 0 Å². The van der Waals surface area contributed by atoms with Crippen LogP contribution in [0.5, 0.6) is 0 Å². The van der Waals surface area contributed by atoms with Crippen molar-refractivity contribution in [3.63, 3.8) is 0 Å². The van der Waals surface area contributed by atoms with Crippen LogP contribution in [0, 0.1) is 0 Å². The van der Waals surface area contributed by atoms with E-state index in [1.807, 2.05) is 7.05 Å². The van der Waals surface area contributed by atoms with Crippen molar-refractivity contribution in [3.8, 4) is 0 Å². The van der Waals surface area contributed by atoms with E-state index in [1.54, 1.807) is 12.3 Å². The molecule has 6 heteroatoms. The molecule has 0 unspecified atom stereocenters. The standard InChI is InChI=1S/C14H21ClN4O/c1-4-7-19-13(20)12(15)11(10-17-19)18-8-5-14(2,16-3)6-9-18/h4,10,16H,1,5-9H2,2-3H3. The Labute approximate surface area is 124 Å². The minimum atomic E-state index is -0.258. The Balaban J connectivity index is 2.21. The monoisotopic (exact) mass is 296 g/mol. The SMILES string of the molecule is C=CCn1ncc(N2CCC(C)(NC)CC2)c(Cl)c1=O. The smallest absolute Gasteiger partial charge is 0.287 e. The average molecular weight is 297 g/mol. The molecule has 1 N–H and O–H groups in total. The maximum absolute atomic E-state index is 12.1. The second-order valence-corrected chi connectivity index (χ2v) is 5.80. The van der Waals surface area contributed by atoms with E-state index in [0.29, 0.717) is 6.54 Å². The number of hydrogen-bond acceptors (Lipinski definition) is 4. The van der Waals surface area contributed by atoms with Gasteiger partial charge in [-0.3, -0.25) is 4.79 Å². The van der Waals surface area contributed by atoms with Crippen LogP contribution in [-0.2, 0) is 6.54 Å². The van der Waals surface area contributed by atoms with Crippen LogP contribution in [-0.4, -0.2) is 35.5 Å². The molecule has 0 aliphatic carbocycles. The molecule has 1 aliphatic heterocycles. The van der Waals surface area contributed by atoms with Crippen molar-refractivity contribution in [3.05, 3.63) is 34.2 Å². The van der Waals surface area contributed by atoms with Crippen molar-refractivity contribution < 1.29 is 0 Å². The molecule has 0 aromatic carbocycles. The second kappa shape index (κ2) is 5.97. The molecule has 1 aliphatic rings. The minimum absolute atomic E-state index is 0.161. The Morgan fingerprint density at radius 1 is 1.55 bits per heavy atom. The average Bonchev–Trinajstić information content (AvgIpc) is 2.46. The van der Waals surface area contributed by atoms with Gasteiger partial charge in [0.25, 0.3) is 5.56 Å². The summed E-state index contributed by atoms with van der Waals surface area (Å²) >= 11 is 6.21. The molecule has 2 rings (SSSR count). The lowest BCUT2D eigenvalue weighted by molar-refractivity contribution is 0.305. The quantitative estimate of drug-likeness (QED) is 0.859. The van der Waals surface area contributed by atoms with Crippen LogP contribution in [0.2, 0.25) is 5.02 Å². The molecular weight excluding hydrogens is 276 g/mol. The van der Waals surface area contributed by atoms with Gasteiger partial charge in [-0.25, -0.2) is 4.68 Å². The summed E-state index contributed by atoms with van der Waals surface area (Å²) < 4.78 is 1.32. The van der Waals surface area contributed by atoms with Crippen molar-refractivity contribution in [2.24, 2.45) is 0 Å². The van der Waals surface area contributed by atoms with Gasteiger partial charge in [-0.05, 0) is 26.8 Å². The number of halogens is 1. The van der Waals surface area contributed by atoms with Gasteiger partial charge in [0.1, 0.15) is 5.02 Å². The van der Waals surface area contributed by atoms with Gasteiger partial charge in [0.15, 0.2) is 0 Å². The molecule has 5 nitrogen and oxygen atoms in total. The highest BCUT2D eigenvalue weighted by Gasteiger charge is 2.29. The number of nitrogens with zero attached hydrogens (tertiary/aromatic N) is 3. The van der Waals surface area contributed by atoms with E-state index in [1.165, 1.54) is 4.68 Å². The predicted molar refractivity (Wildman–Crippen MR) is 82.6 cm³/mol. The molecule has 20 heavy (non-hydrogen) atoms. The predicted octanol–water partition coefficient (Wildman–Crippen LogP) is 1.66. The van der Waals surface area contributed by atoms with Gasteiger partial charge < -0.3 is 10.2 Å². The fourth-order valence-electron chi connectivity index (χ4n) is 2.42. The zero-order valence-electron chi connectivity index (χ0n) is 12.0. The normalized spacial score (nSPS) is 18.1. The maximum atomic E-state index is 12.1. The number of aromatic nitrogens is 2. The summed E-state index contributed by atoms with van der Waals surface area (Å²) in [6, 6.07) is 0. The third kappa shape index (κ3) is 2.88. The van der Waals surface area contributed by atoms with Crippen LogP contribution in [0.3, 0.4) is 0 Å². The third-order valence-electron chi connectivity index (χ3n) is 4.08. The molecule has 1 saturated heterocycles. The molecular formula is C14H21ClN4O. The first-order chi connectivity index (χ1) is 9.50. The second-order valence-electron chi connectivity index (χ2n) is 5.42. The number of nitrogens with one attached hydrogen (secondary N) is 1. The number of hydrogen-bond donors (Lipinski definition) is 1. The number of piperidine rings is 1. The summed E-state index contributed by atoms with van der Waals surface area (Å²) in [6.07, 6.45) is 5.32. The van der Waals surface area contributed by atoms with E-state index in [4.69, 9.17) is 11.6 Å². The zero-order chi connectivity index (χ0) is 14.8. The van der Waals surface area contributed by atoms with E-state index in [0.717, 1.165) is 31.6 Å². The molecule has 0 amide bonds. The van der Waals surface area contributed by atoms with Gasteiger partial charge in [-0.2, -0.15) is 5.10 Å². The van der Waals surface area contributed by atoms with Crippen LogP contribution in [0.15, 0.2) is 23.6 Å². The summed E-state index contributed by atoms with van der Waals surface area (Å²) in [6.45, 7) is 7.92. The van der Waals surface area contributed by atoms with Crippen molar-refractivity contribution in [2.75, 3.05) is 25.0 Å². The topological polar surface area (TPSA) is 50.2 Å².